The summed E-state index contributed by atoms with van der Waals surface area (Å²) < 4.78 is 32.1. The van der Waals surface area contributed by atoms with Crippen molar-refractivity contribution in [2.24, 2.45) is 0 Å². The van der Waals surface area contributed by atoms with Crippen molar-refractivity contribution in [3.8, 4) is 0 Å². The molecular weight excluding hydrogens is 368 g/mol. The van der Waals surface area contributed by atoms with Crippen LogP contribution >= 0.6 is 0 Å². The van der Waals surface area contributed by atoms with Crippen LogP contribution in [0.5, 0.6) is 0 Å². The van der Waals surface area contributed by atoms with E-state index >= 15 is 0 Å². The lowest BCUT2D eigenvalue weighted by molar-refractivity contribution is -0.148. The van der Waals surface area contributed by atoms with Crippen molar-refractivity contribution in [3.63, 3.8) is 0 Å². The third-order valence-electron chi connectivity index (χ3n) is 4.13. The fraction of sp³-hybridized carbons (Fsp3) is 0.579. The van der Waals surface area contributed by atoms with E-state index < -0.39 is 27.4 Å². The summed E-state index contributed by atoms with van der Waals surface area (Å²) in [7, 11) is -3.68. The Morgan fingerprint density at radius 2 is 1.78 bits per heavy atom. The first-order valence-electron chi connectivity index (χ1n) is 9.15. The first-order valence-corrected chi connectivity index (χ1v) is 10.6. The Hall–Kier alpha value is -1.93. The molecule has 0 unspecified atom stereocenters. The van der Waals surface area contributed by atoms with Gasteiger partial charge in [0.2, 0.25) is 10.0 Å². The molecule has 1 aromatic carbocycles. The van der Waals surface area contributed by atoms with Crippen LogP contribution in [0.25, 0.3) is 0 Å². The minimum Gasteiger partial charge on any atom is -0.456 e. The molecule has 0 aliphatic heterocycles. The quantitative estimate of drug-likeness (QED) is 0.683. The second-order valence-electron chi connectivity index (χ2n) is 7.74. The van der Waals surface area contributed by atoms with Crippen LogP contribution in [0.3, 0.4) is 0 Å². The average Bonchev–Trinajstić information content (AvgIpc) is 2.58. The lowest BCUT2D eigenvalue weighted by atomic mass is 9.92. The van der Waals surface area contributed by atoms with Gasteiger partial charge in [0.1, 0.15) is 0 Å². The Balaban J connectivity index is 1.80. The molecule has 0 aromatic heterocycles. The molecule has 7 nitrogen and oxygen atoms in total. The zero-order chi connectivity index (χ0) is 20.1. The minimum atomic E-state index is -3.68. The highest BCUT2D eigenvalue weighted by molar-refractivity contribution is 7.89. The molecule has 2 rings (SSSR count). The maximum absolute atomic E-state index is 12.4. The van der Waals surface area contributed by atoms with Crippen molar-refractivity contribution in [1.82, 2.24) is 10.0 Å². The third-order valence-corrected chi connectivity index (χ3v) is 5.59. The molecule has 27 heavy (non-hydrogen) atoms. The van der Waals surface area contributed by atoms with Crippen LogP contribution in [0, 0.1) is 0 Å². The number of ether oxygens (including phenoxy) is 1. The van der Waals surface area contributed by atoms with Crippen molar-refractivity contribution in [3.05, 3.63) is 29.3 Å². The molecule has 0 saturated carbocycles. The number of aryl methyl sites for hydroxylation is 2. The summed E-state index contributed by atoms with van der Waals surface area (Å²) >= 11 is 0. The molecule has 1 aliphatic rings. The van der Waals surface area contributed by atoms with Gasteiger partial charge >= 0.3 is 5.97 Å². The Bertz CT molecular complexity index is 797. The van der Waals surface area contributed by atoms with Crippen molar-refractivity contribution >= 4 is 21.9 Å². The second-order valence-corrected chi connectivity index (χ2v) is 9.51. The summed E-state index contributed by atoms with van der Waals surface area (Å²) in [5.41, 5.74) is 1.87. The molecule has 0 heterocycles. The van der Waals surface area contributed by atoms with Crippen LogP contribution in [-0.2, 0) is 37.2 Å². The number of benzene rings is 1. The van der Waals surface area contributed by atoms with Gasteiger partial charge in [-0.2, -0.15) is 0 Å². The van der Waals surface area contributed by atoms with E-state index in [1.54, 1.807) is 12.1 Å². The molecule has 1 aliphatic carbocycles. The van der Waals surface area contributed by atoms with Gasteiger partial charge < -0.3 is 10.1 Å². The van der Waals surface area contributed by atoms with Crippen molar-refractivity contribution in [2.75, 3.05) is 13.2 Å². The summed E-state index contributed by atoms with van der Waals surface area (Å²) in [6.07, 6.45) is 3.93. The second kappa shape index (κ2) is 8.84. The molecule has 0 fully saturated rings. The predicted octanol–water partition coefficient (Wildman–Crippen LogP) is 1.69. The van der Waals surface area contributed by atoms with Crippen LogP contribution in [0.1, 0.15) is 51.2 Å². The lowest BCUT2D eigenvalue weighted by Crippen LogP contribution is -2.42. The number of hydrogen-bond acceptors (Lipinski definition) is 5. The van der Waals surface area contributed by atoms with E-state index in [1.807, 2.05) is 26.8 Å². The normalized spacial score (nSPS) is 14.3. The van der Waals surface area contributed by atoms with Gasteiger partial charge in [0.25, 0.3) is 5.91 Å². The van der Waals surface area contributed by atoms with Crippen LogP contribution < -0.4 is 10.0 Å². The Kier molecular flexibility index (Phi) is 7.00. The molecule has 0 bridgehead atoms. The van der Waals surface area contributed by atoms with Crippen LogP contribution in [0.2, 0.25) is 0 Å². The first kappa shape index (κ1) is 21.4. The van der Waals surface area contributed by atoms with E-state index in [0.717, 1.165) is 31.2 Å². The maximum atomic E-state index is 12.4. The zero-order valence-electron chi connectivity index (χ0n) is 16.1. The highest BCUT2D eigenvalue weighted by atomic mass is 32.2. The summed E-state index contributed by atoms with van der Waals surface area (Å²) in [6.45, 7) is 5.00. The largest absolute Gasteiger partial charge is 0.456 e. The number of esters is 1. The van der Waals surface area contributed by atoms with Gasteiger partial charge in [0.15, 0.2) is 6.61 Å². The number of nitrogens with one attached hydrogen (secondary N) is 2. The van der Waals surface area contributed by atoms with E-state index in [-0.39, 0.29) is 24.5 Å². The van der Waals surface area contributed by atoms with Gasteiger partial charge in [-0.15, -0.1) is 0 Å². The van der Waals surface area contributed by atoms with Gasteiger partial charge in [0.05, 0.1) is 11.3 Å². The van der Waals surface area contributed by atoms with Gasteiger partial charge in [-0.25, -0.2) is 13.1 Å². The summed E-state index contributed by atoms with van der Waals surface area (Å²) in [6, 6.07) is 5.18. The molecule has 0 spiro atoms. The Labute approximate surface area is 160 Å². The van der Waals surface area contributed by atoms with Crippen LogP contribution in [0.4, 0.5) is 0 Å². The zero-order valence-corrected chi connectivity index (χ0v) is 16.9. The van der Waals surface area contributed by atoms with E-state index in [2.05, 4.69) is 10.0 Å². The summed E-state index contributed by atoms with van der Waals surface area (Å²) in [5, 5.41) is 2.67. The standard InChI is InChI=1S/C19H28N2O5S/c1-19(2,3)21-17(22)13-26-18(23)10-11-20-27(24,25)16-9-8-14-6-4-5-7-15(14)12-16/h8-9,12,20H,4-7,10-11,13H2,1-3H3,(H,21,22). The first-order chi connectivity index (χ1) is 12.6. The number of sulfonamides is 1. The summed E-state index contributed by atoms with van der Waals surface area (Å²) in [5.74, 6) is -1.03. The van der Waals surface area contributed by atoms with Gasteiger partial charge in [-0.3, -0.25) is 9.59 Å². The molecule has 8 heteroatoms. The predicted molar refractivity (Wildman–Crippen MR) is 102 cm³/mol. The fourth-order valence-corrected chi connectivity index (χ4v) is 4.00. The van der Waals surface area contributed by atoms with E-state index in [0.29, 0.717) is 0 Å². The molecule has 150 valence electrons. The smallest absolute Gasteiger partial charge is 0.307 e. The number of amides is 1. The van der Waals surface area contributed by atoms with E-state index in [9.17, 15) is 18.0 Å². The summed E-state index contributed by atoms with van der Waals surface area (Å²) in [4.78, 5) is 23.5. The number of rotatable bonds is 7. The number of carbonyl (C=O) groups excluding carboxylic acids is 2. The SMILES string of the molecule is CC(C)(C)NC(=O)COC(=O)CCNS(=O)(=O)c1ccc2c(c1)CCCC2. The molecule has 1 aromatic rings. The van der Waals surface area contributed by atoms with Crippen LogP contribution in [-0.4, -0.2) is 39.0 Å². The molecule has 0 atom stereocenters. The molecule has 0 saturated heterocycles. The highest BCUT2D eigenvalue weighted by Gasteiger charge is 2.19. The van der Waals surface area contributed by atoms with Gasteiger partial charge in [-0.05, 0) is 69.7 Å². The lowest BCUT2D eigenvalue weighted by Gasteiger charge is -2.20. The average molecular weight is 397 g/mol. The monoisotopic (exact) mass is 396 g/mol. The van der Waals surface area contributed by atoms with Crippen LogP contribution in [0.15, 0.2) is 23.1 Å². The van der Waals surface area contributed by atoms with Crippen molar-refractivity contribution in [2.45, 2.75) is 63.3 Å². The third kappa shape index (κ3) is 6.95. The fourth-order valence-electron chi connectivity index (χ4n) is 2.92. The van der Waals surface area contributed by atoms with Gasteiger partial charge in [-0.1, -0.05) is 6.07 Å². The van der Waals surface area contributed by atoms with E-state index in [4.69, 9.17) is 4.74 Å². The number of carbonyl (C=O) groups is 2. The maximum Gasteiger partial charge on any atom is 0.307 e. The van der Waals surface area contributed by atoms with Crippen molar-refractivity contribution in [1.29, 1.82) is 0 Å². The molecular formula is C19H28N2O5S. The van der Waals surface area contributed by atoms with Crippen molar-refractivity contribution < 1.29 is 22.7 Å². The Morgan fingerprint density at radius 3 is 2.44 bits per heavy atom. The van der Waals surface area contributed by atoms with E-state index in [1.165, 1.54) is 5.56 Å². The molecule has 0 radical (unpaired) electrons. The molecule has 2 N–H and O–H groups in total. The Morgan fingerprint density at radius 1 is 1.11 bits per heavy atom. The van der Waals surface area contributed by atoms with Gasteiger partial charge in [0, 0.05) is 12.1 Å². The number of hydrogen-bond donors (Lipinski definition) is 2. The highest BCUT2D eigenvalue weighted by Crippen LogP contribution is 2.23. The number of fused-ring (bicyclic) bond motifs is 1. The topological polar surface area (TPSA) is 102 Å². The molecule has 1 amide bonds. The minimum absolute atomic E-state index is 0.0842.